The van der Waals surface area contributed by atoms with Gasteiger partial charge in [0.25, 0.3) is 0 Å². The van der Waals surface area contributed by atoms with Gasteiger partial charge in [0.1, 0.15) is 17.7 Å². The lowest BCUT2D eigenvalue weighted by Crippen LogP contribution is -2.60. The fraction of sp³-hybridized carbons (Fsp3) is 0.545. The summed E-state index contributed by atoms with van der Waals surface area (Å²) in [6, 6.07) is 0. The molecule has 8 nitrogen and oxygen atoms in total. The lowest BCUT2D eigenvalue weighted by atomic mass is 9.92. The standard InChI is InChI=1S/C11H14N2O6S/c1-4(14)7-9(16)13-8(11(17)18)5(20-10(7)13)3-19-6(15)2-12/h4,7,10,14H,2-3,12H2,1H3,(H,17,18)/t4-,7+,10-/m1/s1. The van der Waals surface area contributed by atoms with E-state index in [4.69, 9.17) is 10.5 Å². The van der Waals surface area contributed by atoms with Crippen molar-refractivity contribution in [1.82, 2.24) is 4.90 Å². The monoisotopic (exact) mass is 302 g/mol. The van der Waals surface area contributed by atoms with Crippen molar-refractivity contribution in [3.8, 4) is 0 Å². The van der Waals surface area contributed by atoms with Crippen LogP contribution in [0.3, 0.4) is 0 Å². The maximum atomic E-state index is 11.9. The molecule has 9 heteroatoms. The van der Waals surface area contributed by atoms with Gasteiger partial charge in [-0.3, -0.25) is 14.5 Å². The second-order valence-corrected chi connectivity index (χ2v) is 5.64. The molecular weight excluding hydrogens is 288 g/mol. The molecule has 1 saturated heterocycles. The average molecular weight is 302 g/mol. The predicted octanol–water partition coefficient (Wildman–Crippen LogP) is -1.30. The molecule has 0 aromatic rings. The molecule has 0 radical (unpaired) electrons. The highest BCUT2D eigenvalue weighted by Gasteiger charge is 2.57. The van der Waals surface area contributed by atoms with Crippen molar-refractivity contribution in [2.24, 2.45) is 11.7 Å². The van der Waals surface area contributed by atoms with Gasteiger partial charge in [-0.15, -0.1) is 0 Å². The van der Waals surface area contributed by atoms with Gasteiger partial charge in [0.2, 0.25) is 5.91 Å². The number of aliphatic hydroxyl groups is 1. The van der Waals surface area contributed by atoms with Crippen molar-refractivity contribution in [2.75, 3.05) is 13.2 Å². The molecule has 1 amide bonds. The van der Waals surface area contributed by atoms with Crippen molar-refractivity contribution in [1.29, 1.82) is 0 Å². The van der Waals surface area contributed by atoms with E-state index in [9.17, 15) is 24.6 Å². The van der Waals surface area contributed by atoms with Gasteiger partial charge in [-0.25, -0.2) is 4.79 Å². The number of esters is 1. The van der Waals surface area contributed by atoms with Crippen molar-refractivity contribution < 1.29 is 29.3 Å². The van der Waals surface area contributed by atoms with E-state index in [0.717, 1.165) is 16.7 Å². The summed E-state index contributed by atoms with van der Waals surface area (Å²) in [5.41, 5.74) is 4.90. The van der Waals surface area contributed by atoms with Gasteiger partial charge in [-0.2, -0.15) is 0 Å². The number of aliphatic carboxylic acids is 1. The normalized spacial score (nSPS) is 26.1. The van der Waals surface area contributed by atoms with E-state index in [1.807, 2.05) is 0 Å². The Balaban J connectivity index is 2.17. The molecule has 0 aliphatic carbocycles. The van der Waals surface area contributed by atoms with Crippen LogP contribution >= 0.6 is 11.8 Å². The molecule has 0 saturated carbocycles. The highest BCUT2D eigenvalue weighted by molar-refractivity contribution is 8.04. The molecule has 110 valence electrons. The SMILES string of the molecule is C[C@@H](O)[C@H]1C(=O)N2C(C(=O)O)=C(COC(=O)CN)S[C@H]12. The zero-order chi connectivity index (χ0) is 15.0. The Morgan fingerprint density at radius 1 is 1.55 bits per heavy atom. The lowest BCUT2D eigenvalue weighted by Gasteiger charge is -2.43. The van der Waals surface area contributed by atoms with Gasteiger partial charge in [-0.05, 0) is 6.92 Å². The lowest BCUT2D eigenvalue weighted by molar-refractivity contribution is -0.156. The number of carboxylic acid groups (broad SMARTS) is 1. The number of nitrogens with two attached hydrogens (primary N) is 1. The molecule has 1 fully saturated rings. The second-order valence-electron chi connectivity index (χ2n) is 4.42. The van der Waals surface area contributed by atoms with E-state index in [-0.39, 0.29) is 23.8 Å². The molecule has 2 aliphatic heterocycles. The largest absolute Gasteiger partial charge is 0.477 e. The molecule has 4 N–H and O–H groups in total. The maximum Gasteiger partial charge on any atom is 0.353 e. The molecule has 0 spiro atoms. The first-order valence-electron chi connectivity index (χ1n) is 5.88. The Morgan fingerprint density at radius 3 is 2.70 bits per heavy atom. The first-order chi connectivity index (χ1) is 9.38. The summed E-state index contributed by atoms with van der Waals surface area (Å²) in [5.74, 6) is -3.00. The van der Waals surface area contributed by atoms with Gasteiger partial charge in [0.15, 0.2) is 0 Å². The number of amides is 1. The van der Waals surface area contributed by atoms with Gasteiger partial charge >= 0.3 is 11.9 Å². The minimum atomic E-state index is -1.27. The predicted molar refractivity (Wildman–Crippen MR) is 68.1 cm³/mol. The highest BCUT2D eigenvalue weighted by atomic mass is 32.2. The first kappa shape index (κ1) is 14.8. The van der Waals surface area contributed by atoms with Crippen LogP contribution in [0.15, 0.2) is 10.6 Å². The summed E-state index contributed by atoms with van der Waals surface area (Å²) < 4.78 is 4.80. The van der Waals surface area contributed by atoms with Crippen molar-refractivity contribution >= 4 is 29.6 Å². The molecular formula is C11H14N2O6S. The van der Waals surface area contributed by atoms with Crippen LogP contribution in [0.1, 0.15) is 6.92 Å². The summed E-state index contributed by atoms with van der Waals surface area (Å²) in [4.78, 5) is 35.5. The van der Waals surface area contributed by atoms with Gasteiger partial charge in [0, 0.05) is 0 Å². The number of ether oxygens (including phenoxy) is 1. The molecule has 2 rings (SSSR count). The van der Waals surface area contributed by atoms with E-state index in [1.54, 1.807) is 0 Å². The number of carboxylic acids is 1. The highest BCUT2D eigenvalue weighted by Crippen LogP contribution is 2.50. The number of aliphatic hydroxyl groups excluding tert-OH is 1. The first-order valence-corrected chi connectivity index (χ1v) is 6.76. The van der Waals surface area contributed by atoms with Crippen LogP contribution in [-0.2, 0) is 19.1 Å². The molecule has 0 aromatic carbocycles. The number of nitrogens with zero attached hydrogens (tertiary/aromatic N) is 1. The van der Waals surface area contributed by atoms with Crippen LogP contribution < -0.4 is 5.73 Å². The number of thioether (sulfide) groups is 1. The number of hydrogen-bond donors (Lipinski definition) is 3. The van der Waals surface area contributed by atoms with Crippen LogP contribution in [0.25, 0.3) is 0 Å². The van der Waals surface area contributed by atoms with E-state index < -0.39 is 35.2 Å². The van der Waals surface area contributed by atoms with Crippen molar-refractivity contribution in [3.05, 3.63) is 10.6 Å². The topological polar surface area (TPSA) is 130 Å². The van der Waals surface area contributed by atoms with E-state index in [1.165, 1.54) is 6.92 Å². The summed E-state index contributed by atoms with van der Waals surface area (Å²) in [7, 11) is 0. The number of carbonyl (C=O) groups is 3. The van der Waals surface area contributed by atoms with Crippen LogP contribution in [-0.4, -0.2) is 57.6 Å². The third-order valence-electron chi connectivity index (χ3n) is 3.11. The number of carbonyl (C=O) groups excluding carboxylic acids is 2. The fourth-order valence-corrected chi connectivity index (χ4v) is 3.68. The van der Waals surface area contributed by atoms with E-state index >= 15 is 0 Å². The molecule has 0 aromatic heterocycles. The third-order valence-corrected chi connectivity index (χ3v) is 4.45. The molecule has 0 bridgehead atoms. The maximum absolute atomic E-state index is 11.9. The van der Waals surface area contributed by atoms with Crippen LogP contribution in [0.2, 0.25) is 0 Å². The Hall–Kier alpha value is -1.58. The van der Waals surface area contributed by atoms with Crippen molar-refractivity contribution in [3.63, 3.8) is 0 Å². The molecule has 20 heavy (non-hydrogen) atoms. The number of β-lactam (4-membered cyclic amide) rings is 1. The number of rotatable bonds is 5. The summed E-state index contributed by atoms with van der Waals surface area (Å²) >= 11 is 1.12. The average Bonchev–Trinajstić information content (AvgIpc) is 2.69. The van der Waals surface area contributed by atoms with E-state index in [0.29, 0.717) is 0 Å². The zero-order valence-electron chi connectivity index (χ0n) is 10.6. The van der Waals surface area contributed by atoms with Crippen LogP contribution in [0.5, 0.6) is 0 Å². The zero-order valence-corrected chi connectivity index (χ0v) is 11.4. The Bertz CT molecular complexity index is 503. The minimum absolute atomic E-state index is 0.188. The molecule has 3 atom stereocenters. The molecule has 2 heterocycles. The Morgan fingerprint density at radius 2 is 2.20 bits per heavy atom. The summed E-state index contributed by atoms with van der Waals surface area (Å²) in [6.45, 7) is 0.936. The van der Waals surface area contributed by atoms with Crippen molar-refractivity contribution in [2.45, 2.75) is 18.4 Å². The smallest absolute Gasteiger partial charge is 0.353 e. The number of hydrogen-bond acceptors (Lipinski definition) is 7. The van der Waals surface area contributed by atoms with Crippen LogP contribution in [0.4, 0.5) is 0 Å². The summed E-state index contributed by atoms with van der Waals surface area (Å²) in [6.07, 6.45) is -0.864. The van der Waals surface area contributed by atoms with E-state index in [2.05, 4.69) is 0 Å². The minimum Gasteiger partial charge on any atom is -0.477 e. The Kier molecular flexibility index (Phi) is 4.02. The molecule has 2 aliphatic rings. The third kappa shape index (κ3) is 2.28. The Labute approximate surface area is 118 Å². The van der Waals surface area contributed by atoms with Crippen LogP contribution in [0, 0.1) is 5.92 Å². The molecule has 0 unspecified atom stereocenters. The van der Waals surface area contributed by atoms with Gasteiger partial charge in [0.05, 0.1) is 23.5 Å². The van der Waals surface area contributed by atoms with Gasteiger partial charge in [-0.1, -0.05) is 11.8 Å². The van der Waals surface area contributed by atoms with Gasteiger partial charge < -0.3 is 20.7 Å². The number of fused-ring (bicyclic) bond motifs is 1. The summed E-state index contributed by atoms with van der Waals surface area (Å²) in [5, 5.41) is 18.2. The fourth-order valence-electron chi connectivity index (χ4n) is 2.16. The quantitative estimate of drug-likeness (QED) is 0.422. The second kappa shape index (κ2) is 5.43.